The van der Waals surface area contributed by atoms with Crippen LogP contribution in [0.25, 0.3) is 11.3 Å². The van der Waals surface area contributed by atoms with Gasteiger partial charge in [-0.25, -0.2) is 4.98 Å². The molecule has 1 aromatic heterocycles. The number of hydrogen-bond donors (Lipinski definition) is 1. The van der Waals surface area contributed by atoms with E-state index >= 15 is 0 Å². The average Bonchev–Trinajstić information content (AvgIpc) is 2.92. The zero-order valence-corrected chi connectivity index (χ0v) is 15.5. The van der Waals surface area contributed by atoms with E-state index < -0.39 is 0 Å². The lowest BCUT2D eigenvalue weighted by atomic mass is 9.98. The Bertz CT molecular complexity index is 761. The molecular weight excluding hydrogens is 320 g/mol. The molecule has 1 N–H and O–H groups in total. The number of anilines is 1. The van der Waals surface area contributed by atoms with E-state index in [9.17, 15) is 4.79 Å². The lowest BCUT2D eigenvalue weighted by Crippen LogP contribution is -2.28. The standard InChI is InChI=1S/C19H24N2O2S/c1-11-9-13(3)16(10-12(11)2)17-14(4)24-19(20-17)21-18(22)15-5-7-23-8-6-15/h9-10,15H,5-8H2,1-4H3,(H,20,21,22). The third-order valence-corrected chi connectivity index (χ3v) is 5.60. The van der Waals surface area contributed by atoms with Gasteiger partial charge >= 0.3 is 0 Å². The molecular formula is C19H24N2O2S. The molecule has 0 unspecified atom stereocenters. The Kier molecular flexibility index (Phi) is 5.01. The summed E-state index contributed by atoms with van der Waals surface area (Å²) in [5, 5.41) is 3.69. The summed E-state index contributed by atoms with van der Waals surface area (Å²) in [4.78, 5) is 18.2. The van der Waals surface area contributed by atoms with Crippen LogP contribution in [-0.4, -0.2) is 24.1 Å². The molecule has 5 heteroatoms. The third kappa shape index (κ3) is 3.52. The van der Waals surface area contributed by atoms with Gasteiger partial charge in [-0.2, -0.15) is 0 Å². The third-order valence-electron chi connectivity index (χ3n) is 4.71. The molecule has 1 aliphatic heterocycles. The minimum atomic E-state index is 0.0368. The summed E-state index contributed by atoms with van der Waals surface area (Å²) in [6.07, 6.45) is 1.58. The molecule has 4 nitrogen and oxygen atoms in total. The van der Waals surface area contributed by atoms with Crippen molar-refractivity contribution in [3.8, 4) is 11.3 Å². The maximum absolute atomic E-state index is 12.4. The molecule has 1 aromatic carbocycles. The quantitative estimate of drug-likeness (QED) is 0.897. The van der Waals surface area contributed by atoms with E-state index in [0.29, 0.717) is 18.3 Å². The van der Waals surface area contributed by atoms with Crippen molar-refractivity contribution >= 4 is 22.4 Å². The molecule has 0 bridgehead atoms. The Morgan fingerprint density at radius 3 is 2.50 bits per heavy atom. The van der Waals surface area contributed by atoms with E-state index in [4.69, 9.17) is 9.72 Å². The Labute approximate surface area is 147 Å². The number of carbonyl (C=O) groups is 1. The summed E-state index contributed by atoms with van der Waals surface area (Å²) in [6.45, 7) is 9.75. The number of nitrogens with zero attached hydrogens (tertiary/aromatic N) is 1. The Hall–Kier alpha value is -1.72. The molecule has 3 rings (SSSR count). The first-order chi connectivity index (χ1) is 11.5. The summed E-state index contributed by atoms with van der Waals surface area (Å²) in [6, 6.07) is 4.39. The van der Waals surface area contributed by atoms with Gasteiger partial charge in [0.15, 0.2) is 5.13 Å². The number of carbonyl (C=O) groups excluding carboxylic acids is 1. The molecule has 0 radical (unpaired) electrons. The number of aryl methyl sites for hydroxylation is 4. The van der Waals surface area contributed by atoms with Gasteiger partial charge in [0, 0.05) is 29.6 Å². The number of hydrogen-bond acceptors (Lipinski definition) is 4. The van der Waals surface area contributed by atoms with Crippen molar-refractivity contribution in [3.63, 3.8) is 0 Å². The predicted molar refractivity (Wildman–Crippen MR) is 98.7 cm³/mol. The van der Waals surface area contributed by atoms with Crippen LogP contribution in [0.15, 0.2) is 12.1 Å². The minimum Gasteiger partial charge on any atom is -0.381 e. The maximum atomic E-state index is 12.4. The van der Waals surface area contributed by atoms with Gasteiger partial charge in [0.2, 0.25) is 5.91 Å². The maximum Gasteiger partial charge on any atom is 0.229 e. The van der Waals surface area contributed by atoms with E-state index in [2.05, 4.69) is 45.1 Å². The fourth-order valence-corrected chi connectivity index (χ4v) is 3.91. The van der Waals surface area contributed by atoms with Crippen LogP contribution in [0.5, 0.6) is 0 Å². The van der Waals surface area contributed by atoms with Gasteiger partial charge in [0.05, 0.1) is 5.69 Å². The van der Waals surface area contributed by atoms with Crippen LogP contribution < -0.4 is 5.32 Å². The minimum absolute atomic E-state index is 0.0368. The Morgan fingerprint density at radius 2 is 1.79 bits per heavy atom. The predicted octanol–water partition coefficient (Wildman–Crippen LogP) is 4.41. The number of thiazole rings is 1. The number of aromatic nitrogens is 1. The lowest BCUT2D eigenvalue weighted by molar-refractivity contribution is -0.122. The second-order valence-corrected chi connectivity index (χ2v) is 7.75. The van der Waals surface area contributed by atoms with Crippen LogP contribution in [-0.2, 0) is 9.53 Å². The van der Waals surface area contributed by atoms with Crippen molar-refractivity contribution in [2.45, 2.75) is 40.5 Å². The van der Waals surface area contributed by atoms with E-state index in [1.54, 1.807) is 11.3 Å². The molecule has 24 heavy (non-hydrogen) atoms. The first-order valence-electron chi connectivity index (χ1n) is 8.40. The van der Waals surface area contributed by atoms with Crippen LogP contribution in [0.1, 0.15) is 34.4 Å². The van der Waals surface area contributed by atoms with E-state index in [1.165, 1.54) is 16.7 Å². The molecule has 0 atom stereocenters. The second kappa shape index (κ2) is 7.03. The van der Waals surface area contributed by atoms with Crippen molar-refractivity contribution in [2.75, 3.05) is 18.5 Å². The summed E-state index contributed by atoms with van der Waals surface area (Å²) in [7, 11) is 0. The van der Waals surface area contributed by atoms with Crippen molar-refractivity contribution < 1.29 is 9.53 Å². The molecule has 0 spiro atoms. The summed E-state index contributed by atoms with van der Waals surface area (Å²) >= 11 is 1.55. The lowest BCUT2D eigenvalue weighted by Gasteiger charge is -2.20. The molecule has 1 fully saturated rings. The molecule has 2 aromatic rings. The topological polar surface area (TPSA) is 51.2 Å². The molecule has 0 saturated carbocycles. The van der Waals surface area contributed by atoms with Crippen LogP contribution in [0, 0.1) is 33.6 Å². The Morgan fingerprint density at radius 1 is 1.12 bits per heavy atom. The fraction of sp³-hybridized carbons (Fsp3) is 0.474. The average molecular weight is 344 g/mol. The monoisotopic (exact) mass is 344 g/mol. The highest BCUT2D eigenvalue weighted by molar-refractivity contribution is 7.16. The van der Waals surface area contributed by atoms with Crippen molar-refractivity contribution in [2.24, 2.45) is 5.92 Å². The normalized spacial score (nSPS) is 15.5. The second-order valence-electron chi connectivity index (χ2n) is 6.55. The van der Waals surface area contributed by atoms with Gasteiger partial charge in [-0.3, -0.25) is 4.79 Å². The molecule has 1 amide bonds. The van der Waals surface area contributed by atoms with Crippen molar-refractivity contribution in [1.82, 2.24) is 4.98 Å². The van der Waals surface area contributed by atoms with Gasteiger partial charge in [-0.1, -0.05) is 6.07 Å². The first-order valence-corrected chi connectivity index (χ1v) is 9.21. The smallest absolute Gasteiger partial charge is 0.229 e. The van der Waals surface area contributed by atoms with Gasteiger partial charge in [-0.05, 0) is 63.3 Å². The SMILES string of the molecule is Cc1cc(C)c(-c2nc(NC(=O)C3CCOCC3)sc2C)cc1C. The van der Waals surface area contributed by atoms with Crippen molar-refractivity contribution in [3.05, 3.63) is 33.7 Å². The molecule has 0 aliphatic carbocycles. The largest absolute Gasteiger partial charge is 0.381 e. The highest BCUT2D eigenvalue weighted by atomic mass is 32.1. The zero-order chi connectivity index (χ0) is 17.3. The van der Waals surface area contributed by atoms with Crippen LogP contribution >= 0.6 is 11.3 Å². The number of nitrogens with one attached hydrogen (secondary N) is 1. The molecule has 1 saturated heterocycles. The highest BCUT2D eigenvalue weighted by Crippen LogP contribution is 2.34. The fourth-order valence-electron chi connectivity index (χ4n) is 3.08. The summed E-state index contributed by atoms with van der Waals surface area (Å²) in [5.74, 6) is 0.102. The van der Waals surface area contributed by atoms with Gasteiger partial charge in [-0.15, -0.1) is 11.3 Å². The summed E-state index contributed by atoms with van der Waals surface area (Å²) in [5.41, 5.74) is 5.89. The first kappa shape index (κ1) is 17.1. The molecule has 1 aliphatic rings. The van der Waals surface area contributed by atoms with E-state index in [0.717, 1.165) is 29.0 Å². The van der Waals surface area contributed by atoms with Crippen LogP contribution in [0.2, 0.25) is 0 Å². The van der Waals surface area contributed by atoms with Crippen molar-refractivity contribution in [1.29, 1.82) is 0 Å². The highest BCUT2D eigenvalue weighted by Gasteiger charge is 2.23. The van der Waals surface area contributed by atoms with Crippen LogP contribution in [0.4, 0.5) is 5.13 Å². The number of rotatable bonds is 3. The zero-order valence-electron chi connectivity index (χ0n) is 14.7. The number of ether oxygens (including phenoxy) is 1. The summed E-state index contributed by atoms with van der Waals surface area (Å²) < 4.78 is 5.32. The number of benzene rings is 1. The molecule has 2 heterocycles. The molecule has 128 valence electrons. The van der Waals surface area contributed by atoms with E-state index in [-0.39, 0.29) is 11.8 Å². The Balaban J connectivity index is 1.83. The number of amides is 1. The van der Waals surface area contributed by atoms with Gasteiger partial charge in [0.1, 0.15) is 0 Å². The van der Waals surface area contributed by atoms with Gasteiger partial charge < -0.3 is 10.1 Å². The van der Waals surface area contributed by atoms with Gasteiger partial charge in [0.25, 0.3) is 0 Å². The van der Waals surface area contributed by atoms with Crippen LogP contribution in [0.3, 0.4) is 0 Å². The van der Waals surface area contributed by atoms with E-state index in [1.807, 2.05) is 0 Å².